The first-order valence-electron chi connectivity index (χ1n) is 9.59. The zero-order valence-corrected chi connectivity index (χ0v) is 18.4. The lowest BCUT2D eigenvalue weighted by Crippen LogP contribution is -2.49. The normalized spacial score (nSPS) is 12.6. The monoisotopic (exact) mass is 461 g/mol. The van der Waals surface area contributed by atoms with Gasteiger partial charge in [0, 0.05) is 10.6 Å². The smallest absolute Gasteiger partial charge is 0.319 e. The fourth-order valence-electron chi connectivity index (χ4n) is 2.76. The summed E-state index contributed by atoms with van der Waals surface area (Å²) in [5, 5.41) is 17.3. The molecule has 2 atom stereocenters. The summed E-state index contributed by atoms with van der Waals surface area (Å²) in [4.78, 5) is 25.2. The predicted molar refractivity (Wildman–Crippen MR) is 121 cm³/mol. The van der Waals surface area contributed by atoms with Crippen LogP contribution in [0.25, 0.3) is 10.6 Å². The van der Waals surface area contributed by atoms with Crippen molar-refractivity contribution >= 4 is 45.7 Å². The van der Waals surface area contributed by atoms with Crippen LogP contribution in [-0.4, -0.2) is 28.2 Å². The summed E-state index contributed by atoms with van der Waals surface area (Å²) in [7, 11) is 0. The standard InChI is InChI=1S/C21H21ClFN5O2S/c1-3-12(2)17(25-20(30)24-16-10-5-4-9-15(16)23)18(29)26-21-28-27-19(31-21)13-7-6-8-14(22)11-13/h4-12,17H,3H2,1-2H3,(H2,24,25,30)(H,26,28,29). The van der Waals surface area contributed by atoms with E-state index >= 15 is 0 Å². The van der Waals surface area contributed by atoms with E-state index in [1.54, 1.807) is 24.3 Å². The summed E-state index contributed by atoms with van der Waals surface area (Å²) < 4.78 is 13.8. The Balaban J connectivity index is 1.69. The first kappa shape index (κ1) is 22.6. The van der Waals surface area contributed by atoms with Gasteiger partial charge in [0.1, 0.15) is 16.9 Å². The summed E-state index contributed by atoms with van der Waals surface area (Å²) in [6.07, 6.45) is 0.641. The SMILES string of the molecule is CCC(C)C(NC(=O)Nc1ccccc1F)C(=O)Nc1nnc(-c2cccc(Cl)c2)s1. The molecule has 2 unspecified atom stereocenters. The number of aromatic nitrogens is 2. The molecule has 1 heterocycles. The number of nitrogens with one attached hydrogen (secondary N) is 3. The Kier molecular flexibility index (Phi) is 7.54. The van der Waals surface area contributed by atoms with Gasteiger partial charge in [0.25, 0.3) is 0 Å². The molecule has 162 valence electrons. The maximum Gasteiger partial charge on any atom is 0.319 e. The molecule has 0 spiro atoms. The number of anilines is 2. The van der Waals surface area contributed by atoms with E-state index in [9.17, 15) is 14.0 Å². The number of amides is 3. The maximum absolute atomic E-state index is 13.8. The highest BCUT2D eigenvalue weighted by atomic mass is 35.5. The highest BCUT2D eigenvalue weighted by Gasteiger charge is 2.27. The van der Waals surface area contributed by atoms with E-state index in [1.165, 1.54) is 29.5 Å². The molecule has 31 heavy (non-hydrogen) atoms. The zero-order valence-electron chi connectivity index (χ0n) is 16.9. The summed E-state index contributed by atoms with van der Waals surface area (Å²) in [6, 6.07) is 11.4. The molecule has 0 aliphatic carbocycles. The van der Waals surface area contributed by atoms with Gasteiger partial charge in [-0.25, -0.2) is 9.18 Å². The topological polar surface area (TPSA) is 96.0 Å². The van der Waals surface area contributed by atoms with Gasteiger partial charge in [0.05, 0.1) is 5.69 Å². The molecule has 3 amide bonds. The van der Waals surface area contributed by atoms with Crippen LogP contribution in [-0.2, 0) is 4.79 Å². The maximum atomic E-state index is 13.8. The molecule has 2 aromatic carbocycles. The molecule has 0 aliphatic heterocycles. The van der Waals surface area contributed by atoms with Crippen molar-refractivity contribution in [1.82, 2.24) is 15.5 Å². The third kappa shape index (κ3) is 5.99. The first-order chi connectivity index (χ1) is 14.9. The van der Waals surface area contributed by atoms with Gasteiger partial charge in [-0.3, -0.25) is 10.1 Å². The molecular formula is C21H21ClFN5O2S. The van der Waals surface area contributed by atoms with Gasteiger partial charge in [0.2, 0.25) is 11.0 Å². The summed E-state index contributed by atoms with van der Waals surface area (Å²) in [6.45, 7) is 3.74. The molecule has 3 aromatic rings. The quantitative estimate of drug-likeness (QED) is 0.452. The molecule has 7 nitrogen and oxygen atoms in total. The van der Waals surface area contributed by atoms with Crippen LogP contribution in [0, 0.1) is 11.7 Å². The van der Waals surface area contributed by atoms with Gasteiger partial charge in [-0.15, -0.1) is 10.2 Å². The lowest BCUT2D eigenvalue weighted by atomic mass is 9.98. The number of urea groups is 1. The van der Waals surface area contributed by atoms with E-state index in [4.69, 9.17) is 11.6 Å². The van der Waals surface area contributed by atoms with E-state index in [0.717, 1.165) is 5.56 Å². The number of hydrogen-bond acceptors (Lipinski definition) is 5. The number of rotatable bonds is 7. The Morgan fingerprint density at radius 3 is 2.61 bits per heavy atom. The van der Waals surface area contributed by atoms with Crippen LogP contribution >= 0.6 is 22.9 Å². The van der Waals surface area contributed by atoms with Gasteiger partial charge < -0.3 is 10.6 Å². The lowest BCUT2D eigenvalue weighted by Gasteiger charge is -2.23. The average molecular weight is 462 g/mol. The van der Waals surface area contributed by atoms with Crippen molar-refractivity contribution in [2.75, 3.05) is 10.6 Å². The first-order valence-corrected chi connectivity index (χ1v) is 10.8. The van der Waals surface area contributed by atoms with Crippen LogP contribution < -0.4 is 16.0 Å². The third-order valence-corrected chi connectivity index (χ3v) is 5.75. The average Bonchev–Trinajstić information content (AvgIpc) is 3.21. The zero-order chi connectivity index (χ0) is 22.4. The van der Waals surface area contributed by atoms with E-state index < -0.39 is 23.8 Å². The summed E-state index contributed by atoms with van der Waals surface area (Å²) in [5.74, 6) is -1.18. The molecule has 0 saturated carbocycles. The molecule has 3 rings (SSSR count). The van der Waals surface area contributed by atoms with Crippen LogP contribution in [0.2, 0.25) is 5.02 Å². The minimum Gasteiger partial charge on any atom is -0.326 e. The Bertz CT molecular complexity index is 1080. The molecule has 0 radical (unpaired) electrons. The largest absolute Gasteiger partial charge is 0.326 e. The van der Waals surface area contributed by atoms with Crippen molar-refractivity contribution in [3.05, 3.63) is 59.4 Å². The number of carbonyl (C=O) groups excluding carboxylic acids is 2. The number of carbonyl (C=O) groups is 2. The van der Waals surface area contributed by atoms with Crippen molar-refractivity contribution < 1.29 is 14.0 Å². The van der Waals surface area contributed by atoms with Crippen LogP contribution in [0.1, 0.15) is 20.3 Å². The molecule has 3 N–H and O–H groups in total. The van der Waals surface area contributed by atoms with Gasteiger partial charge in [-0.1, -0.05) is 67.5 Å². The molecule has 1 aromatic heterocycles. The Hall–Kier alpha value is -3.04. The Labute approximate surface area is 188 Å². The predicted octanol–water partition coefficient (Wildman–Crippen LogP) is 5.17. The van der Waals surface area contributed by atoms with Crippen molar-refractivity contribution in [3.63, 3.8) is 0 Å². The Morgan fingerprint density at radius 1 is 1.13 bits per heavy atom. The Morgan fingerprint density at radius 2 is 1.90 bits per heavy atom. The minimum atomic E-state index is -0.852. The molecule has 0 bridgehead atoms. The highest BCUT2D eigenvalue weighted by molar-refractivity contribution is 7.18. The van der Waals surface area contributed by atoms with Gasteiger partial charge >= 0.3 is 6.03 Å². The second-order valence-electron chi connectivity index (χ2n) is 6.85. The number of benzene rings is 2. The van der Waals surface area contributed by atoms with E-state index in [-0.39, 0.29) is 11.6 Å². The van der Waals surface area contributed by atoms with Gasteiger partial charge in [0.15, 0.2) is 0 Å². The van der Waals surface area contributed by atoms with E-state index in [1.807, 2.05) is 19.9 Å². The second-order valence-corrected chi connectivity index (χ2v) is 8.27. The number of para-hydroxylation sites is 1. The van der Waals surface area contributed by atoms with Crippen molar-refractivity contribution in [2.24, 2.45) is 5.92 Å². The molecule has 0 aliphatic rings. The fraction of sp³-hybridized carbons (Fsp3) is 0.238. The van der Waals surface area contributed by atoms with Crippen molar-refractivity contribution in [2.45, 2.75) is 26.3 Å². The van der Waals surface area contributed by atoms with E-state index in [0.29, 0.717) is 21.6 Å². The van der Waals surface area contributed by atoms with E-state index in [2.05, 4.69) is 26.1 Å². The number of hydrogen-bond donors (Lipinski definition) is 3. The van der Waals surface area contributed by atoms with Crippen LogP contribution in [0.5, 0.6) is 0 Å². The highest BCUT2D eigenvalue weighted by Crippen LogP contribution is 2.28. The number of nitrogens with zero attached hydrogens (tertiary/aromatic N) is 2. The lowest BCUT2D eigenvalue weighted by molar-refractivity contribution is -0.119. The van der Waals surface area contributed by atoms with Crippen LogP contribution in [0.3, 0.4) is 0 Å². The van der Waals surface area contributed by atoms with Crippen LogP contribution in [0.4, 0.5) is 20.0 Å². The summed E-state index contributed by atoms with van der Waals surface area (Å²) >= 11 is 7.20. The van der Waals surface area contributed by atoms with Crippen molar-refractivity contribution in [3.8, 4) is 10.6 Å². The fourth-order valence-corrected chi connectivity index (χ4v) is 3.69. The van der Waals surface area contributed by atoms with Crippen molar-refractivity contribution in [1.29, 1.82) is 0 Å². The van der Waals surface area contributed by atoms with Crippen LogP contribution in [0.15, 0.2) is 48.5 Å². The molecule has 10 heteroatoms. The van der Waals surface area contributed by atoms with Gasteiger partial charge in [-0.2, -0.15) is 0 Å². The second kappa shape index (κ2) is 10.3. The third-order valence-electron chi connectivity index (χ3n) is 4.63. The number of halogens is 2. The molecule has 0 fully saturated rings. The molecule has 0 saturated heterocycles. The van der Waals surface area contributed by atoms with Gasteiger partial charge in [-0.05, 0) is 30.2 Å². The molecular weight excluding hydrogens is 441 g/mol. The summed E-state index contributed by atoms with van der Waals surface area (Å²) in [5.41, 5.74) is 0.810. The minimum absolute atomic E-state index is 0.0265.